The van der Waals surface area contributed by atoms with Crippen LogP contribution in [0.4, 0.5) is 0 Å². The molecule has 0 atom stereocenters. The Morgan fingerprint density at radius 1 is 1.45 bits per heavy atom. The molecule has 1 fully saturated rings. The summed E-state index contributed by atoms with van der Waals surface area (Å²) < 4.78 is 0. The molecule has 2 rings (SSSR count). The summed E-state index contributed by atoms with van der Waals surface area (Å²) in [4.78, 5) is 15.7. The Balaban J connectivity index is 1.99. The van der Waals surface area contributed by atoms with Crippen LogP contribution in [-0.4, -0.2) is 42.7 Å². The number of piperidine rings is 1. The molecule has 1 aromatic rings. The minimum absolute atomic E-state index is 0.0479. The SMILES string of the molecule is C=CCSc1ccccc1C(=O)NC1CCN(C)CC1. The van der Waals surface area contributed by atoms with E-state index in [9.17, 15) is 4.79 Å². The maximum absolute atomic E-state index is 12.4. The van der Waals surface area contributed by atoms with Crippen molar-refractivity contribution in [3.63, 3.8) is 0 Å². The number of nitrogens with one attached hydrogen (secondary N) is 1. The van der Waals surface area contributed by atoms with Crippen LogP contribution in [0.3, 0.4) is 0 Å². The number of rotatable bonds is 5. The second-order valence-electron chi connectivity index (χ2n) is 5.15. The van der Waals surface area contributed by atoms with Crippen LogP contribution in [-0.2, 0) is 0 Å². The second kappa shape index (κ2) is 7.50. The van der Waals surface area contributed by atoms with Crippen LogP contribution in [0.15, 0.2) is 41.8 Å². The molecule has 0 aliphatic carbocycles. The quantitative estimate of drug-likeness (QED) is 0.668. The Kier molecular flexibility index (Phi) is 5.68. The standard InChI is InChI=1S/C16H22N2OS/c1-3-12-20-15-7-5-4-6-14(15)16(19)17-13-8-10-18(2)11-9-13/h3-7,13H,1,8-12H2,2H3,(H,17,19). The first-order chi connectivity index (χ1) is 9.70. The van der Waals surface area contributed by atoms with Crippen molar-refractivity contribution in [1.29, 1.82) is 0 Å². The average molecular weight is 290 g/mol. The molecule has 0 bridgehead atoms. The third-order valence-corrected chi connectivity index (χ3v) is 4.61. The number of amides is 1. The van der Waals surface area contributed by atoms with E-state index in [0.29, 0.717) is 6.04 Å². The Labute approximate surface area is 125 Å². The monoisotopic (exact) mass is 290 g/mol. The van der Waals surface area contributed by atoms with Crippen LogP contribution < -0.4 is 5.32 Å². The lowest BCUT2D eigenvalue weighted by atomic mass is 10.0. The summed E-state index contributed by atoms with van der Waals surface area (Å²) >= 11 is 1.65. The Hall–Kier alpha value is -1.26. The molecule has 1 aromatic carbocycles. The fourth-order valence-electron chi connectivity index (χ4n) is 2.34. The molecule has 1 N–H and O–H groups in total. The first kappa shape index (κ1) is 15.1. The lowest BCUT2D eigenvalue weighted by Gasteiger charge is -2.29. The highest BCUT2D eigenvalue weighted by atomic mass is 32.2. The zero-order chi connectivity index (χ0) is 14.4. The van der Waals surface area contributed by atoms with E-state index in [1.54, 1.807) is 11.8 Å². The van der Waals surface area contributed by atoms with Gasteiger partial charge in [-0.2, -0.15) is 0 Å². The van der Waals surface area contributed by atoms with Crippen molar-refractivity contribution in [2.24, 2.45) is 0 Å². The number of thioether (sulfide) groups is 1. The molecule has 4 heteroatoms. The van der Waals surface area contributed by atoms with Gasteiger partial charge in [-0.1, -0.05) is 18.2 Å². The second-order valence-corrected chi connectivity index (χ2v) is 6.21. The number of carbonyl (C=O) groups excluding carboxylic acids is 1. The van der Waals surface area contributed by atoms with Gasteiger partial charge in [0.25, 0.3) is 5.91 Å². The van der Waals surface area contributed by atoms with Gasteiger partial charge in [0.15, 0.2) is 0 Å². The van der Waals surface area contributed by atoms with Crippen LogP contribution in [0, 0.1) is 0 Å². The van der Waals surface area contributed by atoms with Gasteiger partial charge in [-0.25, -0.2) is 0 Å². The van der Waals surface area contributed by atoms with Gasteiger partial charge in [0.2, 0.25) is 0 Å². The number of hydrogen-bond donors (Lipinski definition) is 1. The highest BCUT2D eigenvalue weighted by Crippen LogP contribution is 2.23. The predicted octanol–water partition coefficient (Wildman–Crippen LogP) is 2.79. The first-order valence-corrected chi connectivity index (χ1v) is 8.01. The maximum Gasteiger partial charge on any atom is 0.252 e. The van der Waals surface area contributed by atoms with Gasteiger partial charge in [0, 0.05) is 16.7 Å². The van der Waals surface area contributed by atoms with Crippen molar-refractivity contribution in [3.05, 3.63) is 42.5 Å². The molecule has 1 aliphatic heterocycles. The van der Waals surface area contributed by atoms with E-state index in [-0.39, 0.29) is 5.91 Å². The molecular formula is C16H22N2OS. The van der Waals surface area contributed by atoms with E-state index in [1.165, 1.54) is 0 Å². The van der Waals surface area contributed by atoms with Crippen LogP contribution in [0.5, 0.6) is 0 Å². The molecule has 1 amide bonds. The van der Waals surface area contributed by atoms with Crippen molar-refractivity contribution in [2.75, 3.05) is 25.9 Å². The normalized spacial score (nSPS) is 16.9. The molecule has 1 saturated heterocycles. The maximum atomic E-state index is 12.4. The van der Waals surface area contributed by atoms with Crippen LogP contribution >= 0.6 is 11.8 Å². The summed E-state index contributed by atoms with van der Waals surface area (Å²) in [7, 11) is 2.12. The molecular weight excluding hydrogens is 268 g/mol. The van der Waals surface area contributed by atoms with E-state index in [4.69, 9.17) is 0 Å². The summed E-state index contributed by atoms with van der Waals surface area (Å²) in [5.41, 5.74) is 0.776. The zero-order valence-corrected chi connectivity index (χ0v) is 12.8. The van der Waals surface area contributed by atoms with Crippen LogP contribution in [0.25, 0.3) is 0 Å². The third kappa shape index (κ3) is 4.12. The highest BCUT2D eigenvalue weighted by molar-refractivity contribution is 7.99. The van der Waals surface area contributed by atoms with E-state index < -0.39 is 0 Å². The molecule has 0 aromatic heterocycles. The Bertz CT molecular complexity index is 467. The van der Waals surface area contributed by atoms with Gasteiger partial charge >= 0.3 is 0 Å². The summed E-state index contributed by atoms with van der Waals surface area (Å²) in [5.74, 6) is 0.866. The average Bonchev–Trinajstić information content (AvgIpc) is 2.47. The largest absolute Gasteiger partial charge is 0.349 e. The number of benzene rings is 1. The molecule has 20 heavy (non-hydrogen) atoms. The highest BCUT2D eigenvalue weighted by Gasteiger charge is 2.20. The Morgan fingerprint density at radius 3 is 2.85 bits per heavy atom. The summed E-state index contributed by atoms with van der Waals surface area (Å²) in [6, 6.07) is 8.09. The third-order valence-electron chi connectivity index (χ3n) is 3.54. The number of nitrogens with zero attached hydrogens (tertiary/aromatic N) is 1. The summed E-state index contributed by atoms with van der Waals surface area (Å²) in [6.45, 7) is 5.83. The van der Waals surface area contributed by atoms with Crippen molar-refractivity contribution < 1.29 is 4.79 Å². The molecule has 0 saturated carbocycles. The number of likely N-dealkylation sites (tertiary alicyclic amines) is 1. The van der Waals surface area contributed by atoms with Crippen LogP contribution in [0.2, 0.25) is 0 Å². The minimum atomic E-state index is 0.0479. The summed E-state index contributed by atoms with van der Waals surface area (Å²) in [5, 5.41) is 3.17. The van der Waals surface area contributed by atoms with Gasteiger partial charge in [0.05, 0.1) is 5.56 Å². The molecule has 108 valence electrons. The number of hydrogen-bond acceptors (Lipinski definition) is 3. The van der Waals surface area contributed by atoms with Crippen molar-refractivity contribution in [2.45, 2.75) is 23.8 Å². The van der Waals surface area contributed by atoms with Gasteiger partial charge < -0.3 is 10.2 Å². The van der Waals surface area contributed by atoms with E-state index in [2.05, 4.69) is 23.8 Å². The van der Waals surface area contributed by atoms with Crippen LogP contribution in [0.1, 0.15) is 23.2 Å². The molecule has 0 radical (unpaired) electrons. The van der Waals surface area contributed by atoms with Gasteiger partial charge in [0.1, 0.15) is 0 Å². The minimum Gasteiger partial charge on any atom is -0.349 e. The smallest absolute Gasteiger partial charge is 0.252 e. The molecule has 0 spiro atoms. The zero-order valence-electron chi connectivity index (χ0n) is 12.0. The van der Waals surface area contributed by atoms with Crippen molar-refractivity contribution >= 4 is 17.7 Å². The van der Waals surface area contributed by atoms with Gasteiger partial charge in [-0.3, -0.25) is 4.79 Å². The van der Waals surface area contributed by atoms with E-state index in [1.807, 2.05) is 30.3 Å². The van der Waals surface area contributed by atoms with Gasteiger partial charge in [-0.05, 0) is 45.1 Å². The van der Waals surface area contributed by atoms with E-state index >= 15 is 0 Å². The van der Waals surface area contributed by atoms with Crippen molar-refractivity contribution in [1.82, 2.24) is 10.2 Å². The Morgan fingerprint density at radius 2 is 2.15 bits per heavy atom. The lowest BCUT2D eigenvalue weighted by molar-refractivity contribution is 0.0914. The lowest BCUT2D eigenvalue weighted by Crippen LogP contribution is -2.43. The first-order valence-electron chi connectivity index (χ1n) is 7.03. The van der Waals surface area contributed by atoms with Crippen molar-refractivity contribution in [3.8, 4) is 0 Å². The predicted molar refractivity (Wildman–Crippen MR) is 85.3 cm³/mol. The number of carbonyl (C=O) groups is 1. The van der Waals surface area contributed by atoms with E-state index in [0.717, 1.165) is 42.1 Å². The molecule has 1 aliphatic rings. The fraction of sp³-hybridized carbons (Fsp3) is 0.438. The van der Waals surface area contributed by atoms with Gasteiger partial charge in [-0.15, -0.1) is 18.3 Å². The fourth-order valence-corrected chi connectivity index (χ4v) is 3.13. The molecule has 0 unspecified atom stereocenters. The summed E-state index contributed by atoms with van der Waals surface area (Å²) in [6.07, 6.45) is 3.92. The molecule has 3 nitrogen and oxygen atoms in total. The molecule has 1 heterocycles. The topological polar surface area (TPSA) is 32.3 Å².